The van der Waals surface area contributed by atoms with E-state index in [1.165, 1.54) is 7.11 Å². The van der Waals surface area contributed by atoms with Gasteiger partial charge in [-0.05, 0) is 28.1 Å². The number of halogens is 1. The van der Waals surface area contributed by atoms with Crippen molar-refractivity contribution in [3.63, 3.8) is 0 Å². The second kappa shape index (κ2) is 4.93. The third-order valence-electron chi connectivity index (χ3n) is 2.48. The second-order valence-electron chi connectivity index (χ2n) is 3.98. The Bertz CT molecular complexity index is 393. The Labute approximate surface area is 103 Å². The number of pyridine rings is 1. The van der Waals surface area contributed by atoms with Crippen LogP contribution in [-0.2, 0) is 14.9 Å². The van der Waals surface area contributed by atoms with Crippen LogP contribution in [0.4, 0.5) is 0 Å². The molecule has 1 aromatic rings. The number of rotatable bonds is 3. The molecule has 0 saturated heterocycles. The maximum Gasteiger partial charge on any atom is 0.335 e. The summed E-state index contributed by atoms with van der Waals surface area (Å²) >= 11 is 3.35. The zero-order valence-corrected chi connectivity index (χ0v) is 11.0. The van der Waals surface area contributed by atoms with Crippen molar-refractivity contribution in [3.05, 3.63) is 28.5 Å². The highest BCUT2D eigenvalue weighted by Gasteiger charge is 2.38. The number of hydrogen-bond acceptors (Lipinski definition) is 4. The van der Waals surface area contributed by atoms with Crippen LogP contribution in [0.1, 0.15) is 19.5 Å². The van der Waals surface area contributed by atoms with Crippen molar-refractivity contribution in [2.24, 2.45) is 0 Å². The lowest BCUT2D eigenvalue weighted by Gasteiger charge is -2.28. The van der Waals surface area contributed by atoms with Gasteiger partial charge in [0.1, 0.15) is 0 Å². The first-order valence-corrected chi connectivity index (χ1v) is 5.57. The predicted molar refractivity (Wildman–Crippen MR) is 63.0 cm³/mol. The van der Waals surface area contributed by atoms with Gasteiger partial charge in [-0.1, -0.05) is 13.8 Å². The molecule has 1 atom stereocenters. The molecule has 1 heterocycles. The van der Waals surface area contributed by atoms with Crippen LogP contribution < -0.4 is 0 Å². The molecular formula is C11H14BrNO3. The molecule has 0 aromatic carbocycles. The Morgan fingerprint density at radius 2 is 2.25 bits per heavy atom. The number of carbonyl (C=O) groups is 1. The summed E-state index contributed by atoms with van der Waals surface area (Å²) in [6.07, 6.45) is 0.370. The molecule has 88 valence electrons. The highest BCUT2D eigenvalue weighted by molar-refractivity contribution is 9.10. The van der Waals surface area contributed by atoms with Crippen LogP contribution in [0, 0.1) is 0 Å². The molecule has 0 radical (unpaired) electrons. The van der Waals surface area contributed by atoms with E-state index < -0.39 is 17.5 Å². The van der Waals surface area contributed by atoms with Gasteiger partial charge in [0.2, 0.25) is 0 Å². The first kappa shape index (κ1) is 13.1. The van der Waals surface area contributed by atoms with Crippen LogP contribution in [0.25, 0.3) is 0 Å². The van der Waals surface area contributed by atoms with Crippen molar-refractivity contribution in [2.75, 3.05) is 7.11 Å². The number of methoxy groups -OCH3 is 1. The summed E-state index contributed by atoms with van der Waals surface area (Å²) in [4.78, 5) is 15.5. The van der Waals surface area contributed by atoms with E-state index in [1.54, 1.807) is 26.1 Å². The van der Waals surface area contributed by atoms with E-state index in [2.05, 4.69) is 25.7 Å². The first-order valence-electron chi connectivity index (χ1n) is 4.78. The summed E-state index contributed by atoms with van der Waals surface area (Å²) in [5.41, 5.74) is -0.194. The van der Waals surface area contributed by atoms with Gasteiger partial charge >= 0.3 is 5.97 Å². The highest BCUT2D eigenvalue weighted by atomic mass is 79.9. The first-order chi connectivity index (χ1) is 7.41. The monoisotopic (exact) mass is 287 g/mol. The highest BCUT2D eigenvalue weighted by Crippen LogP contribution is 2.31. The van der Waals surface area contributed by atoms with Gasteiger partial charge in [-0.2, -0.15) is 0 Å². The smallest absolute Gasteiger partial charge is 0.335 e. The average Bonchev–Trinajstić information content (AvgIpc) is 2.27. The fourth-order valence-electron chi connectivity index (χ4n) is 1.40. The predicted octanol–water partition coefficient (Wildman–Crippen LogP) is 1.66. The molecule has 16 heavy (non-hydrogen) atoms. The van der Waals surface area contributed by atoms with Crippen molar-refractivity contribution < 1.29 is 14.6 Å². The van der Waals surface area contributed by atoms with Gasteiger partial charge in [0.15, 0.2) is 6.10 Å². The van der Waals surface area contributed by atoms with Gasteiger partial charge in [0.25, 0.3) is 0 Å². The lowest BCUT2D eigenvalue weighted by atomic mass is 9.82. The molecule has 0 fully saturated rings. The molecule has 0 bridgehead atoms. The van der Waals surface area contributed by atoms with Crippen LogP contribution in [0.2, 0.25) is 0 Å². The van der Waals surface area contributed by atoms with E-state index in [-0.39, 0.29) is 0 Å². The minimum atomic E-state index is -1.25. The third kappa shape index (κ3) is 2.41. The van der Waals surface area contributed by atoms with E-state index in [1.807, 2.05) is 6.07 Å². The van der Waals surface area contributed by atoms with Gasteiger partial charge < -0.3 is 9.84 Å². The Morgan fingerprint density at radius 1 is 1.62 bits per heavy atom. The minimum Gasteiger partial charge on any atom is -0.467 e. The Kier molecular flexibility index (Phi) is 4.04. The molecule has 0 spiro atoms. The van der Waals surface area contributed by atoms with Crippen molar-refractivity contribution in [2.45, 2.75) is 25.4 Å². The summed E-state index contributed by atoms with van der Waals surface area (Å²) in [5.74, 6) is -0.664. The Hall–Kier alpha value is -0.940. The SMILES string of the molecule is COC(=O)C(O)C(C)(C)c1ncccc1Br. The molecule has 5 heteroatoms. The standard InChI is InChI=1S/C11H14BrNO3/c1-11(2,9(14)10(15)16-3)8-7(12)5-4-6-13-8/h4-6,9,14H,1-3H3. The largest absolute Gasteiger partial charge is 0.467 e. The second-order valence-corrected chi connectivity index (χ2v) is 4.84. The van der Waals surface area contributed by atoms with E-state index in [9.17, 15) is 9.90 Å². The number of carbonyl (C=O) groups excluding carboxylic acids is 1. The maximum atomic E-state index is 11.3. The summed E-state index contributed by atoms with van der Waals surface area (Å²) in [7, 11) is 1.25. The maximum absolute atomic E-state index is 11.3. The topological polar surface area (TPSA) is 59.4 Å². The molecule has 4 nitrogen and oxygen atoms in total. The van der Waals surface area contributed by atoms with Crippen LogP contribution in [0.5, 0.6) is 0 Å². The van der Waals surface area contributed by atoms with Crippen molar-refractivity contribution in [1.29, 1.82) is 0 Å². The summed E-state index contributed by atoms with van der Waals surface area (Å²) in [5, 5.41) is 9.89. The Morgan fingerprint density at radius 3 is 2.75 bits per heavy atom. The van der Waals surface area contributed by atoms with Crippen LogP contribution >= 0.6 is 15.9 Å². The van der Waals surface area contributed by atoms with Gasteiger partial charge in [-0.25, -0.2) is 4.79 Å². The number of aromatic nitrogens is 1. The molecule has 1 rings (SSSR count). The zero-order chi connectivity index (χ0) is 12.3. The number of aliphatic hydroxyl groups is 1. The summed E-state index contributed by atoms with van der Waals surface area (Å²) < 4.78 is 5.28. The minimum absolute atomic E-state index is 0.618. The fourth-order valence-corrected chi connectivity index (χ4v) is 2.16. The fraction of sp³-hybridized carbons (Fsp3) is 0.455. The number of ether oxygens (including phenoxy) is 1. The average molecular weight is 288 g/mol. The third-order valence-corrected chi connectivity index (χ3v) is 3.12. The van der Waals surface area contributed by atoms with E-state index in [0.717, 1.165) is 4.47 Å². The number of hydrogen-bond donors (Lipinski definition) is 1. The number of nitrogens with zero attached hydrogens (tertiary/aromatic N) is 1. The van der Waals surface area contributed by atoms with Gasteiger partial charge in [-0.15, -0.1) is 0 Å². The van der Waals surface area contributed by atoms with Gasteiger partial charge in [0, 0.05) is 16.1 Å². The molecule has 0 saturated carbocycles. The molecule has 1 N–H and O–H groups in total. The van der Waals surface area contributed by atoms with Crippen LogP contribution in [-0.4, -0.2) is 29.3 Å². The molecule has 1 unspecified atom stereocenters. The molecule has 0 aliphatic carbocycles. The number of esters is 1. The van der Waals surface area contributed by atoms with Crippen LogP contribution in [0.3, 0.4) is 0 Å². The molecule has 0 aliphatic heterocycles. The quantitative estimate of drug-likeness (QED) is 0.859. The Balaban J connectivity index is 3.11. The zero-order valence-electron chi connectivity index (χ0n) is 9.40. The molecule has 1 aromatic heterocycles. The number of aliphatic hydroxyl groups excluding tert-OH is 1. The van der Waals surface area contributed by atoms with E-state index in [0.29, 0.717) is 5.69 Å². The summed E-state index contributed by atoms with van der Waals surface area (Å²) in [6.45, 7) is 3.48. The molecule has 0 aliphatic rings. The van der Waals surface area contributed by atoms with E-state index in [4.69, 9.17) is 0 Å². The summed E-state index contributed by atoms with van der Waals surface area (Å²) in [6, 6.07) is 3.59. The lowest BCUT2D eigenvalue weighted by Crippen LogP contribution is -2.41. The van der Waals surface area contributed by atoms with Gasteiger partial charge in [-0.3, -0.25) is 4.98 Å². The lowest BCUT2D eigenvalue weighted by molar-refractivity contribution is -0.154. The van der Waals surface area contributed by atoms with E-state index >= 15 is 0 Å². The molecule has 0 amide bonds. The van der Waals surface area contributed by atoms with Gasteiger partial charge in [0.05, 0.1) is 12.8 Å². The normalized spacial score (nSPS) is 13.3. The van der Waals surface area contributed by atoms with Crippen LogP contribution in [0.15, 0.2) is 22.8 Å². The van der Waals surface area contributed by atoms with Crippen molar-refractivity contribution >= 4 is 21.9 Å². The molecular weight excluding hydrogens is 274 g/mol. The van der Waals surface area contributed by atoms with Crippen molar-refractivity contribution in [3.8, 4) is 0 Å². The van der Waals surface area contributed by atoms with Crippen molar-refractivity contribution in [1.82, 2.24) is 4.98 Å².